The quantitative estimate of drug-likeness (QED) is 0.601. The monoisotopic (exact) mass is 437 g/mol. The Morgan fingerprint density at radius 1 is 1.21 bits per heavy atom. The van der Waals surface area contributed by atoms with E-state index in [2.05, 4.69) is 0 Å². The molecular formula is C21H25Cl2N3O3. The van der Waals surface area contributed by atoms with E-state index in [-0.39, 0.29) is 24.4 Å². The highest BCUT2D eigenvalue weighted by Gasteiger charge is 2.34. The summed E-state index contributed by atoms with van der Waals surface area (Å²) in [5.41, 5.74) is 1.45. The number of amides is 2. The Morgan fingerprint density at radius 2 is 1.97 bits per heavy atom. The molecule has 1 heterocycles. The summed E-state index contributed by atoms with van der Waals surface area (Å²) in [6, 6.07) is 8.93. The Labute approximate surface area is 180 Å². The second-order valence-electron chi connectivity index (χ2n) is 7.21. The molecule has 8 heteroatoms. The van der Waals surface area contributed by atoms with Crippen molar-refractivity contribution in [1.29, 1.82) is 0 Å². The molecule has 6 nitrogen and oxygen atoms in total. The summed E-state index contributed by atoms with van der Waals surface area (Å²) < 4.78 is 7.14. The number of aryl methyl sites for hydroxylation is 1. The molecule has 3 rings (SSSR count). The van der Waals surface area contributed by atoms with Crippen LogP contribution in [0.5, 0.6) is 0 Å². The average Bonchev–Trinajstić information content (AvgIpc) is 3.46. The van der Waals surface area contributed by atoms with Gasteiger partial charge in [0.15, 0.2) is 0 Å². The molecule has 1 saturated carbocycles. The van der Waals surface area contributed by atoms with Crippen LogP contribution in [-0.2, 0) is 23.1 Å². The molecule has 0 unspecified atom stereocenters. The molecule has 1 aliphatic rings. The maximum absolute atomic E-state index is 13.1. The van der Waals surface area contributed by atoms with Gasteiger partial charge in [0.05, 0.1) is 23.2 Å². The fraction of sp³-hybridized carbons (Fsp3) is 0.429. The fourth-order valence-corrected chi connectivity index (χ4v) is 3.46. The number of ether oxygens (including phenoxy) is 1. The van der Waals surface area contributed by atoms with Gasteiger partial charge in [0.1, 0.15) is 6.54 Å². The van der Waals surface area contributed by atoms with Crippen LogP contribution in [0.3, 0.4) is 0 Å². The topological polar surface area (TPSA) is 54.8 Å². The predicted molar refractivity (Wildman–Crippen MR) is 113 cm³/mol. The third-order valence-electron chi connectivity index (χ3n) is 5.04. The van der Waals surface area contributed by atoms with Gasteiger partial charge in [-0.25, -0.2) is 0 Å². The molecule has 0 atom stereocenters. The van der Waals surface area contributed by atoms with Gasteiger partial charge in [-0.1, -0.05) is 23.2 Å². The highest BCUT2D eigenvalue weighted by Crippen LogP contribution is 2.29. The first-order valence-electron chi connectivity index (χ1n) is 9.53. The van der Waals surface area contributed by atoms with E-state index in [1.165, 1.54) is 11.0 Å². The van der Waals surface area contributed by atoms with Crippen LogP contribution < -0.4 is 0 Å². The molecule has 2 aromatic rings. The van der Waals surface area contributed by atoms with Gasteiger partial charge in [0, 0.05) is 44.2 Å². The van der Waals surface area contributed by atoms with Gasteiger partial charge in [-0.05, 0) is 43.2 Å². The lowest BCUT2D eigenvalue weighted by atomic mass is 10.2. The van der Waals surface area contributed by atoms with E-state index in [0.717, 1.165) is 18.5 Å². The minimum atomic E-state index is -0.274. The molecule has 1 aliphatic carbocycles. The molecule has 0 saturated heterocycles. The van der Waals surface area contributed by atoms with Crippen LogP contribution in [0.25, 0.3) is 0 Å². The highest BCUT2D eigenvalue weighted by atomic mass is 35.5. The smallest absolute Gasteiger partial charge is 0.254 e. The van der Waals surface area contributed by atoms with Crippen molar-refractivity contribution in [2.24, 2.45) is 7.05 Å². The molecule has 1 aromatic heterocycles. The Kier molecular flexibility index (Phi) is 7.22. The summed E-state index contributed by atoms with van der Waals surface area (Å²) in [7, 11) is 3.53. The minimum Gasteiger partial charge on any atom is -0.383 e. The molecule has 0 spiro atoms. The number of carbonyl (C=O) groups is 2. The average molecular weight is 438 g/mol. The number of halogens is 2. The SMILES string of the molecule is COCCN(CC(=O)N(Cc1cccn1C)C1CC1)C(=O)c1ccc(Cl)c(Cl)c1. The summed E-state index contributed by atoms with van der Waals surface area (Å²) in [6.45, 7) is 1.17. The fourth-order valence-electron chi connectivity index (χ4n) is 3.16. The molecule has 29 heavy (non-hydrogen) atoms. The number of hydrogen-bond acceptors (Lipinski definition) is 3. The van der Waals surface area contributed by atoms with Crippen molar-refractivity contribution >= 4 is 35.0 Å². The first-order chi connectivity index (χ1) is 13.9. The van der Waals surface area contributed by atoms with E-state index >= 15 is 0 Å². The normalized spacial score (nSPS) is 13.4. The molecule has 0 N–H and O–H groups in total. The number of methoxy groups -OCH3 is 1. The van der Waals surface area contributed by atoms with E-state index in [0.29, 0.717) is 35.3 Å². The number of hydrogen-bond donors (Lipinski definition) is 0. The van der Waals surface area contributed by atoms with E-state index < -0.39 is 0 Å². The summed E-state index contributed by atoms with van der Waals surface area (Å²) in [5, 5.41) is 0.684. The van der Waals surface area contributed by atoms with E-state index in [1.54, 1.807) is 19.2 Å². The second-order valence-corrected chi connectivity index (χ2v) is 8.03. The zero-order chi connectivity index (χ0) is 21.0. The van der Waals surface area contributed by atoms with Crippen LogP contribution in [-0.4, -0.2) is 59.0 Å². The van der Waals surface area contributed by atoms with Crippen molar-refractivity contribution < 1.29 is 14.3 Å². The number of rotatable bonds is 9. The maximum atomic E-state index is 13.1. The highest BCUT2D eigenvalue weighted by molar-refractivity contribution is 6.42. The van der Waals surface area contributed by atoms with Crippen molar-refractivity contribution in [3.63, 3.8) is 0 Å². The zero-order valence-electron chi connectivity index (χ0n) is 16.6. The van der Waals surface area contributed by atoms with Crippen LogP contribution in [0, 0.1) is 0 Å². The summed E-state index contributed by atoms with van der Waals surface area (Å²) >= 11 is 12.0. The summed E-state index contributed by atoms with van der Waals surface area (Å²) in [4.78, 5) is 29.5. The molecule has 0 radical (unpaired) electrons. The van der Waals surface area contributed by atoms with Crippen LogP contribution in [0.4, 0.5) is 0 Å². The van der Waals surface area contributed by atoms with Gasteiger partial charge < -0.3 is 19.1 Å². The van der Waals surface area contributed by atoms with Crippen LogP contribution >= 0.6 is 23.2 Å². The standard InChI is InChI=1S/C21H25Cl2N3O3/c1-24-9-3-4-17(24)13-26(16-6-7-16)20(27)14-25(10-11-29-2)21(28)15-5-8-18(22)19(23)12-15/h3-5,8-9,12,16H,6-7,10-11,13-14H2,1-2H3. The number of carbonyl (C=O) groups excluding carboxylic acids is 2. The number of nitrogens with zero attached hydrogens (tertiary/aromatic N) is 3. The molecule has 0 bridgehead atoms. The first-order valence-corrected chi connectivity index (χ1v) is 10.3. The van der Waals surface area contributed by atoms with Gasteiger partial charge in [0.25, 0.3) is 5.91 Å². The molecule has 1 fully saturated rings. The van der Waals surface area contributed by atoms with E-state index in [4.69, 9.17) is 27.9 Å². The second kappa shape index (κ2) is 9.65. The van der Waals surface area contributed by atoms with Gasteiger partial charge in [-0.2, -0.15) is 0 Å². The lowest BCUT2D eigenvalue weighted by Gasteiger charge is -2.28. The van der Waals surface area contributed by atoms with Crippen molar-refractivity contribution in [3.8, 4) is 0 Å². The number of benzene rings is 1. The number of aromatic nitrogens is 1. The summed E-state index contributed by atoms with van der Waals surface area (Å²) in [6.07, 6.45) is 3.95. The Balaban J connectivity index is 1.75. The summed E-state index contributed by atoms with van der Waals surface area (Å²) in [5.74, 6) is -0.346. The van der Waals surface area contributed by atoms with E-state index in [1.807, 2.05) is 34.8 Å². The van der Waals surface area contributed by atoms with Crippen LogP contribution in [0.15, 0.2) is 36.5 Å². The lowest BCUT2D eigenvalue weighted by Crippen LogP contribution is -2.44. The van der Waals surface area contributed by atoms with Gasteiger partial charge >= 0.3 is 0 Å². The third kappa shape index (κ3) is 5.53. The predicted octanol–water partition coefficient (Wildman–Crippen LogP) is 3.61. The van der Waals surface area contributed by atoms with Crippen LogP contribution in [0.2, 0.25) is 10.0 Å². The zero-order valence-corrected chi connectivity index (χ0v) is 18.1. The van der Waals surface area contributed by atoms with Crippen molar-refractivity contribution in [3.05, 3.63) is 57.8 Å². The third-order valence-corrected chi connectivity index (χ3v) is 5.78. The molecular weight excluding hydrogens is 413 g/mol. The Hall–Kier alpha value is -2.02. The maximum Gasteiger partial charge on any atom is 0.254 e. The van der Waals surface area contributed by atoms with Crippen molar-refractivity contribution in [1.82, 2.24) is 14.4 Å². The Bertz CT molecular complexity index is 880. The molecule has 156 valence electrons. The van der Waals surface area contributed by atoms with Gasteiger partial charge in [0.2, 0.25) is 5.91 Å². The molecule has 0 aliphatic heterocycles. The van der Waals surface area contributed by atoms with E-state index in [9.17, 15) is 9.59 Å². The molecule has 1 aromatic carbocycles. The Morgan fingerprint density at radius 3 is 2.55 bits per heavy atom. The van der Waals surface area contributed by atoms with Crippen molar-refractivity contribution in [2.45, 2.75) is 25.4 Å². The largest absolute Gasteiger partial charge is 0.383 e. The van der Waals surface area contributed by atoms with Gasteiger partial charge in [-0.3, -0.25) is 9.59 Å². The van der Waals surface area contributed by atoms with Crippen molar-refractivity contribution in [2.75, 3.05) is 26.8 Å². The molecule has 2 amide bonds. The minimum absolute atomic E-state index is 0.0106. The van der Waals surface area contributed by atoms with Gasteiger partial charge in [-0.15, -0.1) is 0 Å². The lowest BCUT2D eigenvalue weighted by molar-refractivity contribution is -0.133. The first kappa shape index (κ1) is 21.7. The van der Waals surface area contributed by atoms with Crippen LogP contribution in [0.1, 0.15) is 28.9 Å².